The Hall–Kier alpha value is -0.130. The summed E-state index contributed by atoms with van der Waals surface area (Å²) in [4.78, 5) is 10.9. The summed E-state index contributed by atoms with van der Waals surface area (Å²) in [5.41, 5.74) is 0. The lowest BCUT2D eigenvalue weighted by atomic mass is 10.0. The van der Waals surface area contributed by atoms with Crippen molar-refractivity contribution in [2.75, 3.05) is 0 Å². The van der Waals surface area contributed by atoms with E-state index in [-0.39, 0.29) is 6.42 Å². The van der Waals surface area contributed by atoms with Crippen LogP contribution in [0.3, 0.4) is 0 Å². The maximum absolute atomic E-state index is 11.0. The molecule has 0 heterocycles. The molecular weight excluding hydrogens is 324 g/mol. The quantitative estimate of drug-likeness (QED) is 0.252. The standard InChI is InChI=1S/C16H31ClO4S/c1-2-3-4-5-6-7-8-9-10-11-12-13-14-15(16(17)18)22(19,20)21/h15H,2-14H2,1H3,(H,19,20,21). The van der Waals surface area contributed by atoms with E-state index in [0.29, 0.717) is 6.42 Å². The van der Waals surface area contributed by atoms with Gasteiger partial charge < -0.3 is 0 Å². The van der Waals surface area contributed by atoms with Gasteiger partial charge in [0.15, 0.2) is 5.25 Å². The Kier molecular flexibility index (Phi) is 13.2. The first-order chi connectivity index (χ1) is 10.4. The zero-order valence-corrected chi connectivity index (χ0v) is 15.3. The van der Waals surface area contributed by atoms with Crippen LogP contribution >= 0.6 is 11.6 Å². The summed E-state index contributed by atoms with van der Waals surface area (Å²) >= 11 is 5.19. The molecule has 22 heavy (non-hydrogen) atoms. The molecule has 0 aliphatic rings. The van der Waals surface area contributed by atoms with Crippen LogP contribution in [-0.2, 0) is 14.9 Å². The largest absolute Gasteiger partial charge is 0.285 e. The van der Waals surface area contributed by atoms with Crippen molar-refractivity contribution in [3.8, 4) is 0 Å². The molecule has 0 fully saturated rings. The van der Waals surface area contributed by atoms with Crippen molar-refractivity contribution in [1.29, 1.82) is 0 Å². The molecule has 0 spiro atoms. The van der Waals surface area contributed by atoms with Crippen LogP contribution in [0, 0.1) is 0 Å². The highest BCUT2D eigenvalue weighted by atomic mass is 35.5. The summed E-state index contributed by atoms with van der Waals surface area (Å²) < 4.78 is 30.8. The third-order valence-corrected chi connectivity index (χ3v) is 5.49. The molecule has 1 unspecified atom stereocenters. The number of carbonyl (C=O) groups excluding carboxylic acids is 1. The van der Waals surface area contributed by atoms with Crippen LogP contribution in [0.4, 0.5) is 0 Å². The maximum atomic E-state index is 11.0. The zero-order valence-electron chi connectivity index (χ0n) is 13.7. The van der Waals surface area contributed by atoms with Crippen LogP contribution in [-0.4, -0.2) is 23.5 Å². The minimum absolute atomic E-state index is 0.110. The summed E-state index contributed by atoms with van der Waals surface area (Å²) in [7, 11) is -4.36. The van der Waals surface area contributed by atoms with Crippen molar-refractivity contribution < 1.29 is 17.8 Å². The lowest BCUT2D eigenvalue weighted by molar-refractivity contribution is -0.111. The van der Waals surface area contributed by atoms with E-state index in [1.807, 2.05) is 0 Å². The van der Waals surface area contributed by atoms with Gasteiger partial charge in [0.1, 0.15) is 0 Å². The fourth-order valence-electron chi connectivity index (χ4n) is 2.55. The molecule has 0 amide bonds. The van der Waals surface area contributed by atoms with Crippen molar-refractivity contribution in [3.63, 3.8) is 0 Å². The first-order valence-corrected chi connectivity index (χ1v) is 10.4. The van der Waals surface area contributed by atoms with E-state index in [1.54, 1.807) is 0 Å². The molecule has 0 aromatic rings. The summed E-state index contributed by atoms with van der Waals surface area (Å²) in [5, 5.41) is -2.46. The topological polar surface area (TPSA) is 71.4 Å². The minimum atomic E-state index is -4.36. The van der Waals surface area contributed by atoms with Crippen LogP contribution < -0.4 is 0 Å². The number of halogens is 1. The Morgan fingerprint density at radius 3 is 1.55 bits per heavy atom. The van der Waals surface area contributed by atoms with Gasteiger partial charge >= 0.3 is 0 Å². The monoisotopic (exact) mass is 354 g/mol. The second-order valence-electron chi connectivity index (χ2n) is 5.99. The van der Waals surface area contributed by atoms with Crippen LogP contribution in [0.15, 0.2) is 0 Å². The molecule has 0 bridgehead atoms. The number of rotatable bonds is 15. The summed E-state index contributed by atoms with van der Waals surface area (Å²) in [6.07, 6.45) is 14.2. The lowest BCUT2D eigenvalue weighted by Crippen LogP contribution is -2.26. The predicted molar refractivity (Wildman–Crippen MR) is 91.9 cm³/mol. The highest BCUT2D eigenvalue weighted by Gasteiger charge is 2.28. The molecule has 0 saturated heterocycles. The molecule has 0 radical (unpaired) electrons. The SMILES string of the molecule is CCCCCCCCCCCCCCC(C(=O)Cl)S(=O)(=O)O. The number of unbranched alkanes of at least 4 members (excludes halogenated alkanes) is 11. The van der Waals surface area contributed by atoms with E-state index in [2.05, 4.69) is 6.92 Å². The van der Waals surface area contributed by atoms with Gasteiger partial charge in [-0.05, 0) is 18.0 Å². The first-order valence-electron chi connectivity index (χ1n) is 8.55. The Balaban J connectivity index is 3.45. The molecule has 132 valence electrons. The Bertz CT molecular complexity index is 382. The molecule has 4 nitrogen and oxygen atoms in total. The second kappa shape index (κ2) is 13.3. The second-order valence-corrected chi connectivity index (χ2v) is 7.96. The van der Waals surface area contributed by atoms with Gasteiger partial charge in [-0.15, -0.1) is 0 Å². The average molecular weight is 355 g/mol. The smallest absolute Gasteiger partial charge is 0.276 e. The van der Waals surface area contributed by atoms with Gasteiger partial charge in [-0.1, -0.05) is 84.0 Å². The Morgan fingerprint density at radius 2 is 1.23 bits per heavy atom. The number of hydrogen-bond acceptors (Lipinski definition) is 3. The van der Waals surface area contributed by atoms with E-state index in [1.165, 1.54) is 51.4 Å². The first kappa shape index (κ1) is 21.9. The van der Waals surface area contributed by atoms with E-state index in [9.17, 15) is 13.2 Å². The van der Waals surface area contributed by atoms with Gasteiger partial charge in [-0.25, -0.2) is 0 Å². The highest BCUT2D eigenvalue weighted by molar-refractivity contribution is 7.87. The molecular formula is C16H31ClO4S. The van der Waals surface area contributed by atoms with Crippen LogP contribution in [0.5, 0.6) is 0 Å². The molecule has 6 heteroatoms. The van der Waals surface area contributed by atoms with Gasteiger partial charge in [0, 0.05) is 0 Å². The van der Waals surface area contributed by atoms with Crippen molar-refractivity contribution in [2.45, 2.75) is 95.6 Å². The van der Waals surface area contributed by atoms with Crippen molar-refractivity contribution >= 4 is 27.0 Å². The molecule has 0 aliphatic carbocycles. The van der Waals surface area contributed by atoms with Gasteiger partial charge in [0.05, 0.1) is 0 Å². The molecule has 0 aromatic heterocycles. The van der Waals surface area contributed by atoms with Gasteiger partial charge in [0.2, 0.25) is 5.24 Å². The van der Waals surface area contributed by atoms with E-state index in [0.717, 1.165) is 19.3 Å². The van der Waals surface area contributed by atoms with Gasteiger partial charge in [0.25, 0.3) is 10.1 Å². The molecule has 1 atom stereocenters. The molecule has 1 N–H and O–H groups in total. The fraction of sp³-hybridized carbons (Fsp3) is 0.938. The molecule has 0 aliphatic heterocycles. The van der Waals surface area contributed by atoms with Crippen molar-refractivity contribution in [1.82, 2.24) is 0 Å². The highest BCUT2D eigenvalue weighted by Crippen LogP contribution is 2.16. The predicted octanol–water partition coefficient (Wildman–Crippen LogP) is 5.10. The zero-order chi connectivity index (χ0) is 16.8. The average Bonchev–Trinajstić information content (AvgIpc) is 2.42. The van der Waals surface area contributed by atoms with E-state index >= 15 is 0 Å². The van der Waals surface area contributed by atoms with Gasteiger partial charge in [-0.3, -0.25) is 9.35 Å². The maximum Gasteiger partial charge on any atom is 0.276 e. The molecule has 0 saturated carbocycles. The number of carbonyl (C=O) groups is 1. The van der Waals surface area contributed by atoms with Crippen LogP contribution in [0.1, 0.15) is 90.4 Å². The van der Waals surface area contributed by atoms with Crippen molar-refractivity contribution in [2.24, 2.45) is 0 Å². The summed E-state index contributed by atoms with van der Waals surface area (Å²) in [6.45, 7) is 2.22. The van der Waals surface area contributed by atoms with Gasteiger partial charge in [-0.2, -0.15) is 8.42 Å². The fourth-order valence-corrected chi connectivity index (χ4v) is 3.70. The van der Waals surface area contributed by atoms with Crippen LogP contribution in [0.2, 0.25) is 0 Å². The van der Waals surface area contributed by atoms with Crippen molar-refractivity contribution in [3.05, 3.63) is 0 Å². The summed E-state index contributed by atoms with van der Waals surface area (Å²) in [6, 6.07) is 0. The molecule has 0 aromatic carbocycles. The van der Waals surface area contributed by atoms with Crippen LogP contribution in [0.25, 0.3) is 0 Å². The third kappa shape index (κ3) is 12.4. The third-order valence-electron chi connectivity index (χ3n) is 3.93. The lowest BCUT2D eigenvalue weighted by Gasteiger charge is -2.08. The Labute approximate surface area is 140 Å². The number of hydrogen-bond donors (Lipinski definition) is 1. The molecule has 0 rings (SSSR count). The Morgan fingerprint density at radius 1 is 0.864 bits per heavy atom. The minimum Gasteiger partial charge on any atom is -0.285 e. The van der Waals surface area contributed by atoms with E-state index in [4.69, 9.17) is 16.2 Å². The van der Waals surface area contributed by atoms with E-state index < -0.39 is 20.6 Å². The summed E-state index contributed by atoms with van der Waals surface area (Å²) in [5.74, 6) is 0. The normalized spacial score (nSPS) is 13.2.